The highest BCUT2D eigenvalue weighted by Crippen LogP contribution is 2.23. The highest BCUT2D eigenvalue weighted by atomic mass is 16.6. The molecule has 2 N–H and O–H groups in total. The van der Waals surface area contributed by atoms with Crippen LogP contribution in [-0.2, 0) is 0 Å². The van der Waals surface area contributed by atoms with Crippen molar-refractivity contribution < 1.29 is 14.8 Å². The van der Waals surface area contributed by atoms with Gasteiger partial charge in [0.05, 0.1) is 11.0 Å². The predicted molar refractivity (Wildman–Crippen MR) is 79.4 cm³/mol. The number of non-ortho nitro benzene ring substituents is 1. The topological polar surface area (TPSA) is 84.6 Å². The van der Waals surface area contributed by atoms with Crippen molar-refractivity contribution in [1.82, 2.24) is 5.32 Å². The molecule has 1 aromatic rings. The maximum Gasteiger partial charge on any atom is 0.269 e. The summed E-state index contributed by atoms with van der Waals surface area (Å²) in [4.78, 5) is 10.1. The van der Waals surface area contributed by atoms with Crippen molar-refractivity contribution in [2.24, 2.45) is 5.92 Å². The van der Waals surface area contributed by atoms with E-state index in [1.165, 1.54) is 18.6 Å². The van der Waals surface area contributed by atoms with Crippen LogP contribution in [0.4, 0.5) is 5.69 Å². The van der Waals surface area contributed by atoms with E-state index in [-0.39, 0.29) is 11.8 Å². The van der Waals surface area contributed by atoms with Gasteiger partial charge in [-0.1, -0.05) is 6.42 Å². The van der Waals surface area contributed by atoms with Crippen molar-refractivity contribution >= 4 is 5.69 Å². The van der Waals surface area contributed by atoms with Crippen molar-refractivity contribution in [1.29, 1.82) is 0 Å². The lowest BCUT2D eigenvalue weighted by molar-refractivity contribution is -0.384. The summed E-state index contributed by atoms with van der Waals surface area (Å²) < 4.78 is 5.52. The molecule has 0 radical (unpaired) electrons. The molecule has 1 aromatic carbocycles. The van der Waals surface area contributed by atoms with E-state index >= 15 is 0 Å². The number of rotatable bonds is 7. The molecule has 2 rings (SSSR count). The first-order chi connectivity index (χ1) is 10.1. The van der Waals surface area contributed by atoms with Crippen LogP contribution < -0.4 is 10.1 Å². The maximum atomic E-state index is 10.5. The van der Waals surface area contributed by atoms with Crippen molar-refractivity contribution in [2.75, 3.05) is 19.7 Å². The van der Waals surface area contributed by atoms with Crippen molar-refractivity contribution in [2.45, 2.75) is 31.8 Å². The highest BCUT2D eigenvalue weighted by Gasteiger charge is 2.19. The molecule has 21 heavy (non-hydrogen) atoms. The molecule has 6 heteroatoms. The van der Waals surface area contributed by atoms with E-state index in [1.54, 1.807) is 12.1 Å². The molecular weight excluding hydrogens is 272 g/mol. The molecule has 1 saturated carbocycles. The molecule has 0 aromatic heterocycles. The molecule has 1 aliphatic rings. The zero-order chi connectivity index (χ0) is 15.1. The summed E-state index contributed by atoms with van der Waals surface area (Å²) >= 11 is 0. The van der Waals surface area contributed by atoms with E-state index in [0.29, 0.717) is 18.3 Å². The Balaban J connectivity index is 1.60. The quantitative estimate of drug-likeness (QED) is 0.457. The fourth-order valence-corrected chi connectivity index (χ4v) is 2.66. The Bertz CT molecular complexity index is 449. The second-order valence-electron chi connectivity index (χ2n) is 5.49. The number of aliphatic hydroxyl groups excluding tert-OH is 1. The third-order valence-corrected chi connectivity index (χ3v) is 3.78. The number of nitrogens with zero attached hydrogens (tertiary/aromatic N) is 1. The lowest BCUT2D eigenvalue weighted by Crippen LogP contribution is -2.31. The number of hydrogen-bond donors (Lipinski definition) is 2. The number of hydrogen-bond acceptors (Lipinski definition) is 5. The normalized spacial score (nSPS) is 22.0. The zero-order valence-corrected chi connectivity index (χ0v) is 12.0. The van der Waals surface area contributed by atoms with E-state index in [9.17, 15) is 15.2 Å². The Morgan fingerprint density at radius 1 is 1.33 bits per heavy atom. The monoisotopic (exact) mass is 294 g/mol. The number of nitro benzene ring substituents is 1. The highest BCUT2D eigenvalue weighted by molar-refractivity contribution is 5.35. The SMILES string of the molecule is O=[N+]([O-])c1ccc(OCCNCC2CCCC(O)C2)cc1. The van der Waals surface area contributed by atoms with Crippen LogP contribution in [0.5, 0.6) is 5.75 Å². The van der Waals surface area contributed by atoms with Crippen molar-refractivity contribution in [3.05, 3.63) is 34.4 Å². The zero-order valence-electron chi connectivity index (χ0n) is 12.0. The van der Waals surface area contributed by atoms with Crippen LogP contribution in [0.15, 0.2) is 24.3 Å². The van der Waals surface area contributed by atoms with Gasteiger partial charge in [0.25, 0.3) is 5.69 Å². The molecule has 2 unspecified atom stereocenters. The minimum atomic E-state index is -0.427. The van der Waals surface area contributed by atoms with Gasteiger partial charge in [0, 0.05) is 18.7 Å². The summed E-state index contributed by atoms with van der Waals surface area (Å²) in [5, 5.41) is 23.4. The molecule has 0 spiro atoms. The molecule has 0 heterocycles. The molecular formula is C15H22N2O4. The van der Waals surface area contributed by atoms with E-state index in [0.717, 1.165) is 32.4 Å². The summed E-state index contributed by atoms with van der Waals surface area (Å²) in [6, 6.07) is 6.09. The molecule has 0 amide bonds. The van der Waals surface area contributed by atoms with Gasteiger partial charge in [-0.25, -0.2) is 0 Å². The van der Waals surface area contributed by atoms with Crippen LogP contribution in [-0.4, -0.2) is 35.8 Å². The predicted octanol–water partition coefficient (Wildman–Crippen LogP) is 2.11. The van der Waals surface area contributed by atoms with Crippen molar-refractivity contribution in [3.63, 3.8) is 0 Å². The summed E-state index contributed by atoms with van der Waals surface area (Å²) in [6.45, 7) is 2.15. The Hall–Kier alpha value is -1.66. The van der Waals surface area contributed by atoms with E-state index < -0.39 is 4.92 Å². The van der Waals surface area contributed by atoms with Crippen LogP contribution in [0, 0.1) is 16.0 Å². The van der Waals surface area contributed by atoms with Gasteiger partial charge in [0.1, 0.15) is 12.4 Å². The van der Waals surface area contributed by atoms with Gasteiger partial charge in [-0.2, -0.15) is 0 Å². The van der Waals surface area contributed by atoms with Crippen LogP contribution in [0.1, 0.15) is 25.7 Å². The van der Waals surface area contributed by atoms with Crippen LogP contribution in [0.25, 0.3) is 0 Å². The molecule has 6 nitrogen and oxygen atoms in total. The Labute approximate surface area is 124 Å². The Kier molecular flexibility index (Phi) is 5.95. The fourth-order valence-electron chi connectivity index (χ4n) is 2.66. The number of nitro groups is 1. The first-order valence-corrected chi connectivity index (χ1v) is 7.41. The maximum absolute atomic E-state index is 10.5. The molecule has 0 aliphatic heterocycles. The minimum Gasteiger partial charge on any atom is -0.492 e. The number of nitrogens with one attached hydrogen (secondary N) is 1. The first kappa shape index (κ1) is 15.7. The number of ether oxygens (including phenoxy) is 1. The summed E-state index contributed by atoms with van der Waals surface area (Å²) in [6.07, 6.45) is 3.96. The largest absolute Gasteiger partial charge is 0.492 e. The lowest BCUT2D eigenvalue weighted by atomic mass is 9.87. The number of aliphatic hydroxyl groups is 1. The second-order valence-corrected chi connectivity index (χ2v) is 5.49. The van der Waals surface area contributed by atoms with Gasteiger partial charge < -0.3 is 15.2 Å². The van der Waals surface area contributed by atoms with Gasteiger partial charge in [0.15, 0.2) is 0 Å². The lowest BCUT2D eigenvalue weighted by Gasteiger charge is -2.25. The summed E-state index contributed by atoms with van der Waals surface area (Å²) in [5.41, 5.74) is 0.0660. The third-order valence-electron chi connectivity index (χ3n) is 3.78. The Morgan fingerprint density at radius 2 is 2.10 bits per heavy atom. The van der Waals surface area contributed by atoms with Crippen LogP contribution >= 0.6 is 0 Å². The average Bonchev–Trinajstić information content (AvgIpc) is 2.47. The standard InChI is InChI=1S/C15H22N2O4/c18-14-3-1-2-12(10-14)11-16-8-9-21-15-6-4-13(5-7-15)17(19)20/h4-7,12,14,16,18H,1-3,8-11H2. The number of benzene rings is 1. The molecule has 0 bridgehead atoms. The van der Waals surface area contributed by atoms with Gasteiger partial charge in [-0.05, 0) is 43.9 Å². The summed E-state index contributed by atoms with van der Waals surface area (Å²) in [5.74, 6) is 1.18. The van der Waals surface area contributed by atoms with Gasteiger partial charge in [-0.3, -0.25) is 10.1 Å². The van der Waals surface area contributed by atoms with Gasteiger partial charge in [0.2, 0.25) is 0 Å². The molecule has 0 saturated heterocycles. The smallest absolute Gasteiger partial charge is 0.269 e. The third kappa shape index (κ3) is 5.32. The summed E-state index contributed by atoms with van der Waals surface area (Å²) in [7, 11) is 0. The van der Waals surface area contributed by atoms with Gasteiger partial charge >= 0.3 is 0 Å². The van der Waals surface area contributed by atoms with E-state index in [2.05, 4.69) is 5.32 Å². The second kappa shape index (κ2) is 7.95. The Morgan fingerprint density at radius 3 is 2.76 bits per heavy atom. The first-order valence-electron chi connectivity index (χ1n) is 7.41. The van der Waals surface area contributed by atoms with Crippen LogP contribution in [0.2, 0.25) is 0 Å². The molecule has 116 valence electrons. The molecule has 1 aliphatic carbocycles. The van der Waals surface area contributed by atoms with Crippen LogP contribution in [0.3, 0.4) is 0 Å². The molecule has 2 atom stereocenters. The van der Waals surface area contributed by atoms with E-state index in [4.69, 9.17) is 4.74 Å². The molecule has 1 fully saturated rings. The average molecular weight is 294 g/mol. The van der Waals surface area contributed by atoms with E-state index in [1.807, 2.05) is 0 Å². The fraction of sp³-hybridized carbons (Fsp3) is 0.600. The van der Waals surface area contributed by atoms with Gasteiger partial charge in [-0.15, -0.1) is 0 Å². The minimum absolute atomic E-state index is 0.0660. The van der Waals surface area contributed by atoms with Crippen molar-refractivity contribution in [3.8, 4) is 5.75 Å².